The molecule has 0 aliphatic rings. The molecule has 0 aromatic heterocycles. The van der Waals surface area contributed by atoms with Crippen LogP contribution < -0.4 is 10.0 Å². The van der Waals surface area contributed by atoms with Crippen LogP contribution in [-0.4, -0.2) is 21.8 Å². The lowest BCUT2D eigenvalue weighted by molar-refractivity contribution is 0.119. The van der Waals surface area contributed by atoms with Gasteiger partial charge in [0.15, 0.2) is 0 Å². The molecule has 24 heavy (non-hydrogen) atoms. The van der Waals surface area contributed by atoms with E-state index < -0.39 is 10.0 Å². The minimum Gasteiger partial charge on any atom is -0.379 e. The van der Waals surface area contributed by atoms with Gasteiger partial charge in [-0.05, 0) is 49.2 Å². The fourth-order valence-electron chi connectivity index (χ4n) is 2.40. The maximum Gasteiger partial charge on any atom is 0.229 e. The van der Waals surface area contributed by atoms with Crippen LogP contribution in [0.25, 0.3) is 0 Å². The van der Waals surface area contributed by atoms with Crippen LogP contribution in [0.5, 0.6) is 0 Å². The normalized spacial score (nSPS) is 14.0. The van der Waals surface area contributed by atoms with Crippen LogP contribution >= 0.6 is 0 Å². The first kappa shape index (κ1) is 18.3. The number of hydrogen-bond acceptors (Lipinski definition) is 4. The van der Waals surface area contributed by atoms with Crippen LogP contribution in [0.15, 0.2) is 48.5 Å². The van der Waals surface area contributed by atoms with Gasteiger partial charge in [-0.2, -0.15) is 0 Å². The summed E-state index contributed by atoms with van der Waals surface area (Å²) in [6.07, 6.45) is 1.18. The second-order valence-corrected chi connectivity index (χ2v) is 7.61. The van der Waals surface area contributed by atoms with Gasteiger partial charge in [-0.15, -0.1) is 0 Å². The number of rotatable bonds is 7. The molecule has 2 atom stereocenters. The molecule has 0 heterocycles. The zero-order valence-corrected chi connectivity index (χ0v) is 15.2. The summed E-state index contributed by atoms with van der Waals surface area (Å²) < 4.78 is 30.3. The van der Waals surface area contributed by atoms with Crippen LogP contribution in [0, 0.1) is 0 Å². The van der Waals surface area contributed by atoms with Gasteiger partial charge in [0.05, 0.1) is 12.4 Å². The van der Waals surface area contributed by atoms with Crippen molar-refractivity contribution in [1.82, 2.24) is 0 Å². The lowest BCUT2D eigenvalue weighted by atomic mass is 10.1. The molecule has 0 saturated heterocycles. The largest absolute Gasteiger partial charge is 0.379 e. The van der Waals surface area contributed by atoms with Crippen LogP contribution in [0.4, 0.5) is 11.4 Å². The van der Waals surface area contributed by atoms with Crippen LogP contribution in [0.2, 0.25) is 0 Å². The van der Waals surface area contributed by atoms with E-state index in [0.717, 1.165) is 23.1 Å². The van der Waals surface area contributed by atoms with Crippen LogP contribution in [0.3, 0.4) is 0 Å². The summed E-state index contributed by atoms with van der Waals surface area (Å²) >= 11 is 0. The van der Waals surface area contributed by atoms with Crippen molar-refractivity contribution in [3.05, 3.63) is 59.7 Å². The Labute approximate surface area is 144 Å². The quantitative estimate of drug-likeness (QED) is 0.795. The molecule has 6 heteroatoms. The third kappa shape index (κ3) is 5.25. The Morgan fingerprint density at radius 1 is 0.958 bits per heavy atom. The summed E-state index contributed by atoms with van der Waals surface area (Å²) in [5.41, 5.74) is 3.76. The molecule has 2 aromatic carbocycles. The maximum atomic E-state index is 11.2. The first-order chi connectivity index (χ1) is 11.3. The highest BCUT2D eigenvalue weighted by Gasteiger charge is 2.09. The third-order valence-electron chi connectivity index (χ3n) is 3.81. The average molecular weight is 348 g/mol. The Morgan fingerprint density at radius 2 is 1.62 bits per heavy atom. The average Bonchev–Trinajstić information content (AvgIpc) is 2.53. The van der Waals surface area contributed by atoms with E-state index in [1.165, 1.54) is 0 Å². The monoisotopic (exact) mass is 348 g/mol. The molecule has 2 N–H and O–H groups in total. The van der Waals surface area contributed by atoms with Crippen molar-refractivity contribution in [2.45, 2.75) is 26.0 Å². The number of hydrogen-bond donors (Lipinski definition) is 2. The molecule has 5 nitrogen and oxygen atoms in total. The van der Waals surface area contributed by atoms with E-state index in [9.17, 15) is 8.42 Å². The van der Waals surface area contributed by atoms with E-state index in [1.54, 1.807) is 19.2 Å². The summed E-state index contributed by atoms with van der Waals surface area (Å²) in [4.78, 5) is 0. The Morgan fingerprint density at radius 3 is 2.21 bits per heavy atom. The van der Waals surface area contributed by atoms with Crippen molar-refractivity contribution in [1.29, 1.82) is 0 Å². The summed E-state index contributed by atoms with van der Waals surface area (Å²) in [6.45, 7) is 4.07. The summed E-state index contributed by atoms with van der Waals surface area (Å²) in [7, 11) is -1.56. The van der Waals surface area contributed by atoms with Gasteiger partial charge in [-0.1, -0.05) is 24.3 Å². The van der Waals surface area contributed by atoms with E-state index in [0.29, 0.717) is 5.69 Å². The van der Waals surface area contributed by atoms with Crippen molar-refractivity contribution in [3.63, 3.8) is 0 Å². The fraction of sp³-hybridized carbons (Fsp3) is 0.333. The first-order valence-electron chi connectivity index (χ1n) is 7.75. The van der Waals surface area contributed by atoms with E-state index >= 15 is 0 Å². The SMILES string of the molecule is CO[C@H](C)c1cccc(N[C@H](C)c2ccc(NS(C)(=O)=O)cc2)c1. The fourth-order valence-corrected chi connectivity index (χ4v) is 2.97. The predicted octanol–water partition coefficient (Wildman–Crippen LogP) is 3.94. The molecule has 2 aromatic rings. The standard InChI is InChI=1S/C18H24N2O3S/c1-13(15-8-10-17(11-9-15)20-24(4,21)22)19-18-7-5-6-16(12-18)14(2)23-3/h5-14,19-20H,1-4H3/t13-,14-/m1/s1. The van der Waals surface area contributed by atoms with Crippen LogP contribution in [0.1, 0.15) is 37.1 Å². The number of anilines is 2. The minimum atomic E-state index is -3.25. The Balaban J connectivity index is 2.08. The van der Waals surface area contributed by atoms with E-state index in [1.807, 2.05) is 37.3 Å². The van der Waals surface area contributed by atoms with Gasteiger partial charge >= 0.3 is 0 Å². The number of sulfonamides is 1. The van der Waals surface area contributed by atoms with Gasteiger partial charge in [-0.3, -0.25) is 4.72 Å². The third-order valence-corrected chi connectivity index (χ3v) is 4.41. The van der Waals surface area contributed by atoms with E-state index in [4.69, 9.17) is 4.74 Å². The molecule has 0 aliphatic heterocycles. The number of benzene rings is 2. The molecule has 0 aliphatic carbocycles. The van der Waals surface area contributed by atoms with Gasteiger partial charge in [0.2, 0.25) is 10.0 Å². The van der Waals surface area contributed by atoms with Gasteiger partial charge in [-0.25, -0.2) is 8.42 Å². The molecule has 0 unspecified atom stereocenters. The molecule has 130 valence electrons. The summed E-state index contributed by atoms with van der Waals surface area (Å²) in [5, 5.41) is 3.45. The Bertz CT molecular complexity index is 773. The van der Waals surface area contributed by atoms with Crippen molar-refractivity contribution >= 4 is 21.4 Å². The number of ether oxygens (including phenoxy) is 1. The molecule has 2 rings (SSSR count). The van der Waals surface area contributed by atoms with Crippen LogP contribution in [-0.2, 0) is 14.8 Å². The molecule has 0 fully saturated rings. The summed E-state index contributed by atoms with van der Waals surface area (Å²) in [6, 6.07) is 15.6. The molecular formula is C18H24N2O3S. The minimum absolute atomic E-state index is 0.0448. The number of methoxy groups -OCH3 is 1. The molecule has 0 amide bonds. The Hall–Kier alpha value is -2.05. The smallest absolute Gasteiger partial charge is 0.229 e. The topological polar surface area (TPSA) is 67.4 Å². The van der Waals surface area contributed by atoms with Gasteiger partial charge < -0.3 is 10.1 Å². The highest BCUT2D eigenvalue weighted by Crippen LogP contribution is 2.24. The zero-order valence-electron chi connectivity index (χ0n) is 14.4. The molecule has 0 saturated carbocycles. The van der Waals surface area contributed by atoms with Crippen molar-refractivity contribution in [2.24, 2.45) is 0 Å². The van der Waals surface area contributed by atoms with Gasteiger partial charge in [0, 0.05) is 24.5 Å². The van der Waals surface area contributed by atoms with Crippen molar-refractivity contribution in [2.75, 3.05) is 23.4 Å². The molecular weight excluding hydrogens is 324 g/mol. The van der Waals surface area contributed by atoms with Gasteiger partial charge in [0.25, 0.3) is 0 Å². The van der Waals surface area contributed by atoms with E-state index in [-0.39, 0.29) is 12.1 Å². The highest BCUT2D eigenvalue weighted by molar-refractivity contribution is 7.92. The molecule has 0 radical (unpaired) electrons. The highest BCUT2D eigenvalue weighted by atomic mass is 32.2. The molecule has 0 bridgehead atoms. The lowest BCUT2D eigenvalue weighted by Crippen LogP contribution is -2.10. The lowest BCUT2D eigenvalue weighted by Gasteiger charge is -2.18. The predicted molar refractivity (Wildman–Crippen MR) is 98.8 cm³/mol. The second kappa shape index (κ2) is 7.68. The van der Waals surface area contributed by atoms with Gasteiger partial charge in [0.1, 0.15) is 0 Å². The van der Waals surface area contributed by atoms with Crippen molar-refractivity contribution in [3.8, 4) is 0 Å². The van der Waals surface area contributed by atoms with E-state index in [2.05, 4.69) is 23.0 Å². The maximum absolute atomic E-state index is 11.2. The zero-order chi connectivity index (χ0) is 17.7. The number of nitrogens with one attached hydrogen (secondary N) is 2. The van der Waals surface area contributed by atoms with Crippen molar-refractivity contribution < 1.29 is 13.2 Å². The summed E-state index contributed by atoms with van der Waals surface area (Å²) in [5.74, 6) is 0. The second-order valence-electron chi connectivity index (χ2n) is 5.87. The molecule has 0 spiro atoms. The Kier molecular flexibility index (Phi) is 5.85. The first-order valence-corrected chi connectivity index (χ1v) is 9.64.